The van der Waals surface area contributed by atoms with Gasteiger partial charge in [0, 0.05) is 29.7 Å². The van der Waals surface area contributed by atoms with E-state index in [1.54, 1.807) is 42.4 Å². The van der Waals surface area contributed by atoms with Gasteiger partial charge in [-0.1, -0.05) is 12.1 Å². The second kappa shape index (κ2) is 8.44. The van der Waals surface area contributed by atoms with Crippen molar-refractivity contribution in [3.63, 3.8) is 0 Å². The monoisotopic (exact) mass is 462 g/mol. The number of rotatable bonds is 7. The van der Waals surface area contributed by atoms with Crippen molar-refractivity contribution >= 4 is 11.4 Å². The van der Waals surface area contributed by atoms with Gasteiger partial charge in [-0.3, -0.25) is 4.79 Å². The molecule has 0 unspecified atom stereocenters. The molecule has 1 saturated carbocycles. The maximum atomic E-state index is 13.8. The molecule has 0 saturated heterocycles. The number of pyridine rings is 1. The topological polar surface area (TPSA) is 61.1 Å². The first-order chi connectivity index (χ1) is 16.4. The lowest BCUT2D eigenvalue weighted by Crippen LogP contribution is -2.32. The largest absolute Gasteiger partial charge is 0.494 e. The van der Waals surface area contributed by atoms with Crippen LogP contribution in [0, 0.1) is 12.7 Å². The van der Waals surface area contributed by atoms with E-state index in [4.69, 9.17) is 4.74 Å². The van der Waals surface area contributed by atoms with Crippen molar-refractivity contribution in [3.05, 3.63) is 100 Å². The van der Waals surface area contributed by atoms with Crippen LogP contribution in [0.25, 0.3) is 5.69 Å². The molecule has 2 heterocycles. The minimum atomic E-state index is -0.712. The summed E-state index contributed by atoms with van der Waals surface area (Å²) in [5.41, 5.74) is 2.92. The number of alkyl halides is 1. The normalized spacial score (nSPS) is 14.1. The molecule has 0 spiro atoms. The smallest absolute Gasteiger partial charge is 0.275 e. The molecule has 0 atom stereocenters. The summed E-state index contributed by atoms with van der Waals surface area (Å²) >= 11 is 0. The van der Waals surface area contributed by atoms with E-state index < -0.39 is 12.2 Å². The van der Waals surface area contributed by atoms with Crippen molar-refractivity contribution in [1.82, 2.24) is 14.1 Å². The van der Waals surface area contributed by atoms with Gasteiger partial charge in [-0.15, -0.1) is 0 Å². The molecular formula is C26H24F2N4O2. The molecule has 4 aromatic rings. The third-order valence-electron chi connectivity index (χ3n) is 6.24. The molecule has 0 aliphatic heterocycles. The number of methoxy groups -OCH3 is 1. The number of aryl methyl sites for hydroxylation is 1. The molecule has 2 aromatic carbocycles. The Hall–Kier alpha value is -3.94. The third-order valence-corrected chi connectivity index (χ3v) is 6.24. The number of nitrogens with one attached hydrogen (secondary N) is 1. The predicted molar refractivity (Wildman–Crippen MR) is 126 cm³/mol. The molecule has 1 N–H and O–H groups in total. The Balaban J connectivity index is 1.53. The summed E-state index contributed by atoms with van der Waals surface area (Å²) in [6.07, 6.45) is 6.60. The first-order valence-corrected chi connectivity index (χ1v) is 11.0. The molecule has 174 valence electrons. The lowest BCUT2D eigenvalue weighted by atomic mass is 10.0. The Morgan fingerprint density at radius 3 is 2.50 bits per heavy atom. The van der Waals surface area contributed by atoms with E-state index >= 15 is 0 Å². The van der Waals surface area contributed by atoms with Gasteiger partial charge in [0.1, 0.15) is 23.9 Å². The summed E-state index contributed by atoms with van der Waals surface area (Å²) in [4.78, 5) is 17.7. The van der Waals surface area contributed by atoms with Crippen LogP contribution in [0.5, 0.6) is 5.75 Å². The van der Waals surface area contributed by atoms with E-state index in [1.807, 2.05) is 29.8 Å². The molecule has 2 aromatic heterocycles. The minimum absolute atomic E-state index is 0.261. The third kappa shape index (κ3) is 3.85. The van der Waals surface area contributed by atoms with Gasteiger partial charge >= 0.3 is 0 Å². The highest BCUT2D eigenvalue weighted by atomic mass is 19.1. The van der Waals surface area contributed by atoms with Crippen LogP contribution in [-0.2, 0) is 12.2 Å². The summed E-state index contributed by atoms with van der Waals surface area (Å²) in [5, 5.41) is 3.14. The highest BCUT2D eigenvalue weighted by Gasteiger charge is 2.47. The fourth-order valence-electron chi connectivity index (χ4n) is 4.34. The number of nitrogens with zero attached hydrogens (tertiary/aromatic N) is 3. The molecule has 8 heteroatoms. The maximum Gasteiger partial charge on any atom is 0.275 e. The molecule has 6 nitrogen and oxygen atoms in total. The van der Waals surface area contributed by atoms with Crippen molar-refractivity contribution in [2.75, 3.05) is 12.4 Å². The fourth-order valence-corrected chi connectivity index (χ4v) is 4.34. The van der Waals surface area contributed by atoms with Gasteiger partial charge in [-0.25, -0.2) is 13.8 Å². The number of aromatic nitrogens is 3. The number of anilines is 2. The summed E-state index contributed by atoms with van der Waals surface area (Å²) in [5.74, 6) is 0.254. The number of ether oxygens (including phenoxy) is 1. The van der Waals surface area contributed by atoms with Crippen molar-refractivity contribution < 1.29 is 13.5 Å². The zero-order valence-electron chi connectivity index (χ0n) is 18.9. The number of hydrogen-bond acceptors (Lipinski definition) is 4. The number of halogens is 2. The molecule has 0 amide bonds. The Labute approximate surface area is 195 Å². The average molecular weight is 463 g/mol. The van der Waals surface area contributed by atoms with Crippen LogP contribution < -0.4 is 15.6 Å². The molecule has 5 rings (SSSR count). The highest BCUT2D eigenvalue weighted by Crippen LogP contribution is 2.48. The second-order valence-electron chi connectivity index (χ2n) is 8.54. The molecule has 1 fully saturated rings. The van der Waals surface area contributed by atoms with Crippen LogP contribution in [0.3, 0.4) is 0 Å². The standard InChI is InChI=1S/C26H24F2N4O2/c1-17-14-31(16-29-17)23-8-7-21(12-24(23)34-2)30-22-11-18(13-27)15-32(25(22)33)26(9-10-26)19-3-5-20(28)6-4-19/h3-8,11-12,14-16,30H,9-10,13H2,1-2H3. The van der Waals surface area contributed by atoms with Crippen LogP contribution in [0.4, 0.5) is 20.2 Å². The van der Waals surface area contributed by atoms with Gasteiger partial charge in [0.15, 0.2) is 0 Å². The molecule has 0 bridgehead atoms. The van der Waals surface area contributed by atoms with Crippen molar-refractivity contribution in [2.45, 2.75) is 32.0 Å². The van der Waals surface area contributed by atoms with Gasteiger partial charge in [-0.05, 0) is 55.7 Å². The van der Waals surface area contributed by atoms with Gasteiger partial charge in [0.2, 0.25) is 0 Å². The van der Waals surface area contributed by atoms with E-state index in [0.717, 1.165) is 29.8 Å². The van der Waals surface area contributed by atoms with Crippen LogP contribution in [-0.4, -0.2) is 21.2 Å². The SMILES string of the molecule is COc1cc(Nc2cc(CF)cn(C3(c4ccc(F)cc4)CC3)c2=O)ccc1-n1cnc(C)c1. The second-order valence-corrected chi connectivity index (χ2v) is 8.54. The molecular weight excluding hydrogens is 438 g/mol. The Kier molecular flexibility index (Phi) is 5.43. The zero-order chi connectivity index (χ0) is 23.9. The Morgan fingerprint density at radius 2 is 1.88 bits per heavy atom. The lowest BCUT2D eigenvalue weighted by molar-refractivity contribution is 0.413. The summed E-state index contributed by atoms with van der Waals surface area (Å²) in [6.45, 7) is 1.19. The lowest BCUT2D eigenvalue weighted by Gasteiger charge is -2.22. The molecule has 1 aliphatic carbocycles. The fraction of sp³-hybridized carbons (Fsp3) is 0.231. The molecule has 1 aliphatic rings. The number of imidazole rings is 1. The van der Waals surface area contributed by atoms with Crippen LogP contribution in [0.2, 0.25) is 0 Å². The van der Waals surface area contributed by atoms with Gasteiger partial charge in [0.05, 0.1) is 30.4 Å². The van der Waals surface area contributed by atoms with E-state index in [0.29, 0.717) is 17.0 Å². The van der Waals surface area contributed by atoms with Crippen molar-refractivity contribution in [2.24, 2.45) is 0 Å². The van der Waals surface area contributed by atoms with Crippen molar-refractivity contribution in [1.29, 1.82) is 0 Å². The summed E-state index contributed by atoms with van der Waals surface area (Å²) < 4.78 is 36.2. The van der Waals surface area contributed by atoms with Crippen LogP contribution in [0.15, 0.2) is 72.0 Å². The Bertz CT molecular complexity index is 1410. The quantitative estimate of drug-likeness (QED) is 0.408. The summed E-state index contributed by atoms with van der Waals surface area (Å²) in [6, 6.07) is 13.1. The van der Waals surface area contributed by atoms with E-state index in [9.17, 15) is 13.6 Å². The van der Waals surface area contributed by atoms with Gasteiger partial charge in [0.25, 0.3) is 5.56 Å². The first-order valence-electron chi connectivity index (χ1n) is 11.0. The highest BCUT2D eigenvalue weighted by molar-refractivity contribution is 5.65. The van der Waals surface area contributed by atoms with Gasteiger partial charge in [-0.2, -0.15) is 0 Å². The first kappa shape index (κ1) is 21.9. The van der Waals surface area contributed by atoms with E-state index in [1.165, 1.54) is 18.2 Å². The zero-order valence-corrected chi connectivity index (χ0v) is 18.9. The number of hydrogen-bond donors (Lipinski definition) is 1. The maximum absolute atomic E-state index is 13.8. The minimum Gasteiger partial charge on any atom is -0.494 e. The van der Waals surface area contributed by atoms with E-state index in [2.05, 4.69) is 10.3 Å². The van der Waals surface area contributed by atoms with Crippen LogP contribution in [0.1, 0.15) is 29.7 Å². The van der Waals surface area contributed by atoms with Crippen LogP contribution >= 0.6 is 0 Å². The Morgan fingerprint density at radius 1 is 1.12 bits per heavy atom. The molecule has 0 radical (unpaired) electrons. The van der Waals surface area contributed by atoms with E-state index in [-0.39, 0.29) is 17.1 Å². The predicted octanol–water partition coefficient (Wildman–Crippen LogP) is 5.24. The average Bonchev–Trinajstić information content (AvgIpc) is 3.54. The molecule has 34 heavy (non-hydrogen) atoms. The van der Waals surface area contributed by atoms with Crippen molar-refractivity contribution in [3.8, 4) is 11.4 Å². The summed E-state index contributed by atoms with van der Waals surface area (Å²) in [7, 11) is 1.57. The van der Waals surface area contributed by atoms with Gasteiger partial charge < -0.3 is 19.2 Å². The number of benzene rings is 2.